The van der Waals surface area contributed by atoms with Crippen molar-refractivity contribution in [2.75, 3.05) is 32.7 Å². The molecule has 1 saturated heterocycles. The van der Waals surface area contributed by atoms with E-state index in [0.717, 1.165) is 32.7 Å². The Bertz CT molecular complexity index is 956. The lowest BCUT2D eigenvalue weighted by molar-refractivity contribution is 0.109. The molecule has 28 heavy (non-hydrogen) atoms. The highest BCUT2D eigenvalue weighted by Gasteiger charge is 2.17. The predicted molar refractivity (Wildman–Crippen MR) is 110 cm³/mol. The molecule has 0 atom stereocenters. The van der Waals surface area contributed by atoms with Crippen molar-refractivity contribution in [2.24, 2.45) is 0 Å². The fraction of sp³-hybridized carbons (Fsp3) is 0.273. The Morgan fingerprint density at radius 3 is 2.46 bits per heavy atom. The third-order valence-corrected chi connectivity index (χ3v) is 4.91. The molecular formula is C22H24N4O2. The van der Waals surface area contributed by atoms with Gasteiger partial charge in [-0.3, -0.25) is 14.6 Å². The highest BCUT2D eigenvalue weighted by molar-refractivity contribution is 5.50. The Hall–Kier alpha value is -2.96. The van der Waals surface area contributed by atoms with Crippen LogP contribution < -0.4 is 5.56 Å². The van der Waals surface area contributed by atoms with Crippen LogP contribution in [0.5, 0.6) is 0 Å². The SMILES string of the molecule is O=c1ccc(-c2ccco2)nn1CN1CCN(CC=Cc2ccccc2)CC1. The van der Waals surface area contributed by atoms with Crippen molar-refractivity contribution in [3.05, 3.63) is 82.9 Å². The fourth-order valence-electron chi connectivity index (χ4n) is 3.31. The summed E-state index contributed by atoms with van der Waals surface area (Å²) in [6.07, 6.45) is 5.98. The van der Waals surface area contributed by atoms with E-state index in [9.17, 15) is 4.79 Å². The molecule has 0 aliphatic carbocycles. The van der Waals surface area contributed by atoms with Crippen molar-refractivity contribution >= 4 is 6.08 Å². The maximum Gasteiger partial charge on any atom is 0.268 e. The third-order valence-electron chi connectivity index (χ3n) is 4.91. The minimum absolute atomic E-state index is 0.0940. The summed E-state index contributed by atoms with van der Waals surface area (Å²) in [5, 5.41) is 4.46. The molecule has 144 valence electrons. The molecule has 3 heterocycles. The second kappa shape index (κ2) is 8.82. The Morgan fingerprint density at radius 2 is 1.71 bits per heavy atom. The van der Waals surface area contributed by atoms with E-state index in [4.69, 9.17) is 4.42 Å². The number of benzene rings is 1. The fourth-order valence-corrected chi connectivity index (χ4v) is 3.31. The topological polar surface area (TPSA) is 54.5 Å². The number of piperazine rings is 1. The molecule has 6 heteroatoms. The van der Waals surface area contributed by atoms with Crippen molar-refractivity contribution in [1.82, 2.24) is 19.6 Å². The second-order valence-corrected chi connectivity index (χ2v) is 6.91. The standard InChI is InChI=1S/C22H24N4O2/c27-22-11-10-20(21-9-5-17-28-21)23-26(22)18-25-15-13-24(14-16-25)12-4-8-19-6-2-1-3-7-19/h1-11,17H,12-16,18H2. The summed E-state index contributed by atoms with van der Waals surface area (Å²) in [7, 11) is 0. The van der Waals surface area contributed by atoms with Crippen molar-refractivity contribution < 1.29 is 4.42 Å². The van der Waals surface area contributed by atoms with E-state index in [2.05, 4.69) is 51.3 Å². The van der Waals surface area contributed by atoms with Gasteiger partial charge in [-0.2, -0.15) is 5.10 Å². The first kappa shape index (κ1) is 18.4. The molecule has 4 rings (SSSR count). The molecular weight excluding hydrogens is 352 g/mol. The summed E-state index contributed by atoms with van der Waals surface area (Å²) < 4.78 is 6.90. The molecule has 0 unspecified atom stereocenters. The molecule has 0 amide bonds. The molecule has 1 fully saturated rings. The van der Waals surface area contributed by atoms with Gasteiger partial charge in [-0.15, -0.1) is 0 Å². The van der Waals surface area contributed by atoms with E-state index in [0.29, 0.717) is 18.1 Å². The van der Waals surface area contributed by atoms with Crippen molar-refractivity contribution in [3.63, 3.8) is 0 Å². The van der Waals surface area contributed by atoms with Crippen LogP contribution in [0.15, 0.2) is 76.1 Å². The number of rotatable bonds is 6. The first-order chi connectivity index (χ1) is 13.8. The lowest BCUT2D eigenvalue weighted by atomic mass is 10.2. The minimum atomic E-state index is -0.0940. The van der Waals surface area contributed by atoms with Gasteiger partial charge in [0.2, 0.25) is 0 Å². The Balaban J connectivity index is 1.30. The predicted octanol–water partition coefficient (Wildman–Crippen LogP) is 2.79. The number of aromatic nitrogens is 2. The van der Waals surface area contributed by atoms with Gasteiger partial charge in [0.25, 0.3) is 5.56 Å². The number of hydrogen-bond donors (Lipinski definition) is 0. The highest BCUT2D eigenvalue weighted by Crippen LogP contribution is 2.15. The molecule has 0 N–H and O–H groups in total. The second-order valence-electron chi connectivity index (χ2n) is 6.91. The number of nitrogens with zero attached hydrogens (tertiary/aromatic N) is 4. The lowest BCUT2D eigenvalue weighted by Crippen LogP contribution is -2.47. The lowest BCUT2D eigenvalue weighted by Gasteiger charge is -2.33. The molecule has 2 aromatic heterocycles. The van der Waals surface area contributed by atoms with Crippen LogP contribution in [0.4, 0.5) is 0 Å². The molecule has 0 saturated carbocycles. The quantitative estimate of drug-likeness (QED) is 0.662. The molecule has 0 bridgehead atoms. The minimum Gasteiger partial charge on any atom is -0.463 e. The summed E-state index contributed by atoms with van der Waals surface area (Å²) in [6, 6.07) is 17.3. The maximum absolute atomic E-state index is 12.2. The average Bonchev–Trinajstić information content (AvgIpc) is 3.27. The van der Waals surface area contributed by atoms with Gasteiger partial charge in [0, 0.05) is 38.8 Å². The molecule has 1 aliphatic rings. The Kier molecular flexibility index (Phi) is 5.80. The molecule has 1 aromatic carbocycles. The van der Waals surface area contributed by atoms with Crippen molar-refractivity contribution in [3.8, 4) is 11.5 Å². The van der Waals surface area contributed by atoms with Crippen LogP contribution in [0.25, 0.3) is 17.5 Å². The van der Waals surface area contributed by atoms with Crippen LogP contribution >= 0.6 is 0 Å². The van der Waals surface area contributed by atoms with E-state index >= 15 is 0 Å². The Morgan fingerprint density at radius 1 is 0.929 bits per heavy atom. The van der Waals surface area contributed by atoms with Crippen molar-refractivity contribution in [2.45, 2.75) is 6.67 Å². The highest BCUT2D eigenvalue weighted by atomic mass is 16.3. The molecule has 1 aliphatic heterocycles. The Labute approximate surface area is 164 Å². The van der Waals surface area contributed by atoms with E-state index in [-0.39, 0.29) is 5.56 Å². The van der Waals surface area contributed by atoms with Gasteiger partial charge in [0.1, 0.15) is 5.69 Å². The summed E-state index contributed by atoms with van der Waals surface area (Å²) in [5.74, 6) is 0.670. The van der Waals surface area contributed by atoms with Crippen LogP contribution in [0.2, 0.25) is 0 Å². The van der Waals surface area contributed by atoms with Crippen LogP contribution in [0, 0.1) is 0 Å². The van der Waals surface area contributed by atoms with E-state index in [1.807, 2.05) is 18.2 Å². The molecule has 6 nitrogen and oxygen atoms in total. The molecule has 0 spiro atoms. The summed E-state index contributed by atoms with van der Waals surface area (Å²) in [4.78, 5) is 16.9. The van der Waals surface area contributed by atoms with Gasteiger partial charge in [0.15, 0.2) is 5.76 Å². The van der Waals surface area contributed by atoms with E-state index in [1.165, 1.54) is 10.2 Å². The van der Waals surface area contributed by atoms with Crippen LogP contribution in [0.3, 0.4) is 0 Å². The van der Waals surface area contributed by atoms with Gasteiger partial charge < -0.3 is 4.42 Å². The zero-order valence-corrected chi connectivity index (χ0v) is 15.8. The van der Waals surface area contributed by atoms with Gasteiger partial charge >= 0.3 is 0 Å². The zero-order valence-electron chi connectivity index (χ0n) is 15.8. The maximum atomic E-state index is 12.2. The van der Waals surface area contributed by atoms with Crippen molar-refractivity contribution in [1.29, 1.82) is 0 Å². The summed E-state index contributed by atoms with van der Waals surface area (Å²) in [6.45, 7) is 5.23. The van der Waals surface area contributed by atoms with Gasteiger partial charge in [-0.25, -0.2) is 4.68 Å². The van der Waals surface area contributed by atoms with Crippen LogP contribution in [-0.2, 0) is 6.67 Å². The summed E-state index contributed by atoms with van der Waals surface area (Å²) in [5.41, 5.74) is 1.81. The largest absolute Gasteiger partial charge is 0.463 e. The average molecular weight is 376 g/mol. The summed E-state index contributed by atoms with van der Waals surface area (Å²) >= 11 is 0. The van der Waals surface area contributed by atoms with Crippen LogP contribution in [0.1, 0.15) is 5.56 Å². The number of furan rings is 1. The van der Waals surface area contributed by atoms with Gasteiger partial charge in [0.05, 0.1) is 12.9 Å². The monoisotopic (exact) mass is 376 g/mol. The van der Waals surface area contributed by atoms with E-state index in [1.54, 1.807) is 18.4 Å². The smallest absolute Gasteiger partial charge is 0.268 e. The molecule has 3 aromatic rings. The van der Waals surface area contributed by atoms with Gasteiger partial charge in [-0.05, 0) is 23.8 Å². The zero-order chi connectivity index (χ0) is 19.2. The number of hydrogen-bond acceptors (Lipinski definition) is 5. The van der Waals surface area contributed by atoms with E-state index < -0.39 is 0 Å². The first-order valence-electron chi connectivity index (χ1n) is 9.56. The van der Waals surface area contributed by atoms with Crippen LogP contribution in [-0.4, -0.2) is 52.3 Å². The molecule has 0 radical (unpaired) electrons. The third kappa shape index (κ3) is 4.65. The normalized spacial score (nSPS) is 16.0. The van der Waals surface area contributed by atoms with Gasteiger partial charge in [-0.1, -0.05) is 42.5 Å². The first-order valence-corrected chi connectivity index (χ1v) is 9.56.